The van der Waals surface area contributed by atoms with Gasteiger partial charge < -0.3 is 20.7 Å². The van der Waals surface area contributed by atoms with E-state index >= 15 is 0 Å². The number of alkyl halides is 3. The second-order valence-corrected chi connectivity index (χ2v) is 5.78. The lowest BCUT2D eigenvalue weighted by atomic mass is 10.2. The number of anilines is 1. The number of aliphatic imine (C=N–C) groups is 1. The van der Waals surface area contributed by atoms with Gasteiger partial charge in [0.15, 0.2) is 5.96 Å². The number of rotatable bonds is 8. The molecule has 0 saturated heterocycles. The Kier molecular flexibility index (Phi) is 10.5. The smallest absolute Gasteiger partial charge is 0.433 e. The molecule has 0 bridgehead atoms. The summed E-state index contributed by atoms with van der Waals surface area (Å²) in [6.45, 7) is 3.74. The maximum absolute atomic E-state index is 12.6. The highest BCUT2D eigenvalue weighted by molar-refractivity contribution is 14.0. The first kappa shape index (κ1) is 24.7. The fourth-order valence-corrected chi connectivity index (χ4v) is 2.15. The van der Waals surface area contributed by atoms with Crippen molar-refractivity contribution in [3.05, 3.63) is 47.8 Å². The first-order chi connectivity index (χ1) is 13.4. The van der Waals surface area contributed by atoms with Crippen LogP contribution in [0.2, 0.25) is 0 Å². The quantitative estimate of drug-likeness (QED) is 0.213. The molecule has 0 unspecified atom stereocenters. The van der Waals surface area contributed by atoms with E-state index < -0.39 is 11.9 Å². The largest absolute Gasteiger partial charge is 0.492 e. The molecule has 0 spiro atoms. The van der Waals surface area contributed by atoms with E-state index in [9.17, 15) is 13.2 Å². The zero-order valence-electron chi connectivity index (χ0n) is 16.1. The first-order valence-corrected chi connectivity index (χ1v) is 8.66. The van der Waals surface area contributed by atoms with E-state index in [0.717, 1.165) is 18.0 Å². The summed E-state index contributed by atoms with van der Waals surface area (Å²) < 4.78 is 43.5. The van der Waals surface area contributed by atoms with Gasteiger partial charge in [-0.2, -0.15) is 13.2 Å². The van der Waals surface area contributed by atoms with Crippen LogP contribution in [0.3, 0.4) is 0 Å². The van der Waals surface area contributed by atoms with Crippen molar-refractivity contribution in [2.75, 3.05) is 38.6 Å². The lowest BCUT2D eigenvalue weighted by Gasteiger charge is -2.13. The predicted molar refractivity (Wildman–Crippen MR) is 117 cm³/mol. The molecule has 0 aliphatic rings. The summed E-state index contributed by atoms with van der Waals surface area (Å²) in [7, 11) is 1.62. The normalized spacial score (nSPS) is 11.4. The lowest BCUT2D eigenvalue weighted by molar-refractivity contribution is -0.141. The molecule has 0 fully saturated rings. The molecule has 2 aromatic rings. The number of aromatic nitrogens is 2. The Hall–Kier alpha value is -2.31. The lowest BCUT2D eigenvalue weighted by Crippen LogP contribution is -2.41. The van der Waals surface area contributed by atoms with Crippen LogP contribution in [0, 0.1) is 6.92 Å². The molecule has 1 aromatic carbocycles. The monoisotopic (exact) mass is 524 g/mol. The molecule has 0 amide bonds. The van der Waals surface area contributed by atoms with Crippen molar-refractivity contribution in [1.29, 1.82) is 0 Å². The van der Waals surface area contributed by atoms with Crippen molar-refractivity contribution in [3.8, 4) is 5.75 Å². The van der Waals surface area contributed by atoms with E-state index in [1.807, 2.05) is 31.2 Å². The Morgan fingerprint density at radius 1 is 1.07 bits per heavy atom. The number of nitrogens with zero attached hydrogens (tertiary/aromatic N) is 3. The van der Waals surface area contributed by atoms with Crippen LogP contribution in [-0.2, 0) is 6.18 Å². The second kappa shape index (κ2) is 12.3. The van der Waals surface area contributed by atoms with E-state index in [2.05, 4.69) is 30.9 Å². The zero-order valence-corrected chi connectivity index (χ0v) is 18.4. The van der Waals surface area contributed by atoms with Crippen molar-refractivity contribution in [2.24, 2.45) is 4.99 Å². The van der Waals surface area contributed by atoms with Crippen molar-refractivity contribution in [1.82, 2.24) is 20.6 Å². The van der Waals surface area contributed by atoms with Gasteiger partial charge in [0.1, 0.15) is 18.1 Å². The molecule has 160 valence electrons. The number of hydrogen-bond acceptors (Lipinski definition) is 5. The summed E-state index contributed by atoms with van der Waals surface area (Å²) in [4.78, 5) is 11.3. The molecule has 0 aliphatic heterocycles. The predicted octanol–water partition coefficient (Wildman–Crippen LogP) is 3.08. The van der Waals surface area contributed by atoms with Gasteiger partial charge in [-0.1, -0.05) is 17.7 Å². The third-order valence-electron chi connectivity index (χ3n) is 3.55. The van der Waals surface area contributed by atoms with Gasteiger partial charge in [-0.05, 0) is 25.1 Å². The Morgan fingerprint density at radius 2 is 1.76 bits per heavy atom. The van der Waals surface area contributed by atoms with Crippen LogP contribution in [0.4, 0.5) is 19.1 Å². The van der Waals surface area contributed by atoms with Crippen LogP contribution in [-0.4, -0.2) is 49.2 Å². The second-order valence-electron chi connectivity index (χ2n) is 5.78. The highest BCUT2D eigenvalue weighted by Gasteiger charge is 2.32. The number of nitrogens with one attached hydrogen (secondary N) is 3. The fourth-order valence-electron chi connectivity index (χ4n) is 2.15. The summed E-state index contributed by atoms with van der Waals surface area (Å²) in [5.74, 6) is 1.27. The third-order valence-corrected chi connectivity index (χ3v) is 3.55. The van der Waals surface area contributed by atoms with E-state index in [1.54, 1.807) is 7.05 Å². The zero-order chi connectivity index (χ0) is 20.4. The summed E-state index contributed by atoms with van der Waals surface area (Å²) >= 11 is 0. The molecule has 0 aliphatic carbocycles. The SMILES string of the molecule is CN=C(NCCNc1nccc(C(F)(F)F)n1)NCCOc1ccc(C)cc1.I. The summed E-state index contributed by atoms with van der Waals surface area (Å²) in [6, 6.07) is 8.59. The Labute approximate surface area is 184 Å². The average Bonchev–Trinajstić information content (AvgIpc) is 2.67. The molecule has 0 radical (unpaired) electrons. The van der Waals surface area contributed by atoms with Gasteiger partial charge in [-0.3, -0.25) is 4.99 Å². The van der Waals surface area contributed by atoms with Gasteiger partial charge in [-0.15, -0.1) is 24.0 Å². The van der Waals surface area contributed by atoms with Crippen LogP contribution < -0.4 is 20.7 Å². The van der Waals surface area contributed by atoms with Crippen LogP contribution in [0.5, 0.6) is 5.75 Å². The Balaban J connectivity index is 0.00000420. The Bertz CT molecular complexity index is 771. The number of halogens is 4. The summed E-state index contributed by atoms with van der Waals surface area (Å²) in [5, 5.41) is 8.86. The van der Waals surface area contributed by atoms with E-state index in [0.29, 0.717) is 32.2 Å². The van der Waals surface area contributed by atoms with E-state index in [1.165, 1.54) is 5.56 Å². The molecule has 1 aromatic heterocycles. The molecule has 1 heterocycles. The minimum absolute atomic E-state index is 0. The van der Waals surface area contributed by atoms with Gasteiger partial charge in [0.25, 0.3) is 0 Å². The Morgan fingerprint density at radius 3 is 2.41 bits per heavy atom. The molecular formula is C18H24F3IN6O. The number of guanidine groups is 1. The number of hydrogen-bond donors (Lipinski definition) is 3. The molecule has 29 heavy (non-hydrogen) atoms. The molecule has 2 rings (SSSR count). The molecule has 11 heteroatoms. The van der Waals surface area contributed by atoms with Crippen LogP contribution in [0.15, 0.2) is 41.5 Å². The molecule has 3 N–H and O–H groups in total. The summed E-state index contributed by atoms with van der Waals surface area (Å²) in [5.41, 5.74) is 0.184. The molecule has 0 saturated carbocycles. The van der Waals surface area contributed by atoms with Crippen molar-refractivity contribution >= 4 is 35.9 Å². The van der Waals surface area contributed by atoms with Crippen LogP contribution in [0.1, 0.15) is 11.3 Å². The van der Waals surface area contributed by atoms with Crippen molar-refractivity contribution in [2.45, 2.75) is 13.1 Å². The van der Waals surface area contributed by atoms with Crippen LogP contribution >= 0.6 is 24.0 Å². The minimum Gasteiger partial charge on any atom is -0.492 e. The van der Waals surface area contributed by atoms with Gasteiger partial charge in [0.2, 0.25) is 5.95 Å². The van der Waals surface area contributed by atoms with Gasteiger partial charge in [0, 0.05) is 26.3 Å². The topological polar surface area (TPSA) is 83.5 Å². The van der Waals surface area contributed by atoms with Crippen molar-refractivity contribution in [3.63, 3.8) is 0 Å². The third kappa shape index (κ3) is 9.15. The highest BCUT2D eigenvalue weighted by atomic mass is 127. The van der Waals surface area contributed by atoms with E-state index in [4.69, 9.17) is 4.74 Å². The molecule has 0 atom stereocenters. The highest BCUT2D eigenvalue weighted by Crippen LogP contribution is 2.27. The van der Waals surface area contributed by atoms with Crippen molar-refractivity contribution < 1.29 is 17.9 Å². The molecule has 7 nitrogen and oxygen atoms in total. The standard InChI is InChI=1S/C18H23F3N6O.HI/c1-13-3-5-14(6-4-13)28-12-11-26-16(22-2)24-9-10-25-17-23-8-7-15(27-17)18(19,20)21;/h3-8H,9-12H2,1-2H3,(H2,22,24,26)(H,23,25,27);1H. The van der Waals surface area contributed by atoms with Gasteiger partial charge >= 0.3 is 6.18 Å². The fraction of sp³-hybridized carbons (Fsp3) is 0.389. The van der Waals surface area contributed by atoms with E-state index in [-0.39, 0.29) is 29.9 Å². The molecular weight excluding hydrogens is 500 g/mol. The maximum Gasteiger partial charge on any atom is 0.433 e. The average molecular weight is 524 g/mol. The minimum atomic E-state index is -4.50. The number of benzene rings is 1. The van der Waals surface area contributed by atoms with Gasteiger partial charge in [0.05, 0.1) is 6.54 Å². The maximum atomic E-state index is 12.6. The summed E-state index contributed by atoms with van der Waals surface area (Å²) in [6.07, 6.45) is -3.43. The van der Waals surface area contributed by atoms with Gasteiger partial charge in [-0.25, -0.2) is 9.97 Å². The number of ether oxygens (including phenoxy) is 1. The first-order valence-electron chi connectivity index (χ1n) is 8.66. The van der Waals surface area contributed by atoms with Crippen LogP contribution in [0.25, 0.3) is 0 Å². The number of aryl methyl sites for hydroxylation is 1.